The first kappa shape index (κ1) is 11.6. The third kappa shape index (κ3) is 3.31. The summed E-state index contributed by atoms with van der Waals surface area (Å²) in [5, 5.41) is 3.73. The molecule has 0 saturated heterocycles. The third-order valence-corrected chi connectivity index (χ3v) is 2.68. The quantitative estimate of drug-likeness (QED) is 0.277. The Balaban J connectivity index is 2.72. The lowest BCUT2D eigenvalue weighted by atomic mass is 9.80. The van der Waals surface area contributed by atoms with Gasteiger partial charge < -0.3 is 11.5 Å². The standard InChI is InChI=1S/C11H20N4/c1-7-4-8(2)10(9(3)5-7)6-14-15-11(12)13/h4,6,8-9,14H,5H2,1-3H3,(H4,12,13,15)/t8-,9+/m1/s1. The lowest BCUT2D eigenvalue weighted by Gasteiger charge is -2.26. The smallest absolute Gasteiger partial charge is 0.208 e. The minimum absolute atomic E-state index is 0.0506. The Labute approximate surface area is 91.1 Å². The fourth-order valence-electron chi connectivity index (χ4n) is 2.10. The number of nitrogens with zero attached hydrogens (tertiary/aromatic N) is 1. The van der Waals surface area contributed by atoms with Gasteiger partial charge in [-0.05, 0) is 30.8 Å². The van der Waals surface area contributed by atoms with Gasteiger partial charge in [0, 0.05) is 6.20 Å². The number of nitrogens with two attached hydrogens (primary N) is 2. The Morgan fingerprint density at radius 3 is 2.73 bits per heavy atom. The van der Waals surface area contributed by atoms with Crippen molar-refractivity contribution in [2.24, 2.45) is 28.4 Å². The second kappa shape index (κ2) is 4.87. The molecule has 84 valence electrons. The van der Waals surface area contributed by atoms with Gasteiger partial charge in [0.15, 0.2) is 0 Å². The van der Waals surface area contributed by atoms with Crippen LogP contribution in [-0.2, 0) is 0 Å². The van der Waals surface area contributed by atoms with Crippen LogP contribution in [0.2, 0.25) is 0 Å². The van der Waals surface area contributed by atoms with E-state index in [1.165, 1.54) is 11.1 Å². The van der Waals surface area contributed by atoms with Crippen molar-refractivity contribution in [1.29, 1.82) is 0 Å². The van der Waals surface area contributed by atoms with Gasteiger partial charge in [-0.1, -0.05) is 25.5 Å². The van der Waals surface area contributed by atoms with E-state index in [9.17, 15) is 0 Å². The molecule has 0 amide bonds. The van der Waals surface area contributed by atoms with Gasteiger partial charge in [-0.2, -0.15) is 0 Å². The summed E-state index contributed by atoms with van der Waals surface area (Å²) < 4.78 is 0. The lowest BCUT2D eigenvalue weighted by Crippen LogP contribution is -2.25. The molecule has 5 N–H and O–H groups in total. The molecule has 4 heteroatoms. The summed E-state index contributed by atoms with van der Waals surface area (Å²) in [7, 11) is 0. The first-order chi connectivity index (χ1) is 7.00. The minimum atomic E-state index is 0.0506. The van der Waals surface area contributed by atoms with Crippen molar-refractivity contribution in [2.45, 2.75) is 27.2 Å². The molecular formula is C11H20N4. The van der Waals surface area contributed by atoms with Gasteiger partial charge in [-0.15, -0.1) is 5.10 Å². The third-order valence-electron chi connectivity index (χ3n) is 2.68. The number of hydrazone groups is 1. The SMILES string of the molecule is CC1=C[C@@H](C)C(=CNN=C(N)N)[C@@H](C)C1. The summed E-state index contributed by atoms with van der Waals surface area (Å²) >= 11 is 0. The molecule has 0 saturated carbocycles. The molecule has 0 fully saturated rings. The maximum absolute atomic E-state index is 5.22. The van der Waals surface area contributed by atoms with Crippen LogP contribution in [0, 0.1) is 11.8 Å². The normalized spacial score (nSPS) is 28.5. The highest BCUT2D eigenvalue weighted by molar-refractivity contribution is 5.75. The largest absolute Gasteiger partial charge is 0.369 e. The van der Waals surface area contributed by atoms with Crippen LogP contribution in [0.5, 0.6) is 0 Å². The number of nitrogens with one attached hydrogen (secondary N) is 1. The fourth-order valence-corrected chi connectivity index (χ4v) is 2.10. The second-order valence-electron chi connectivity index (χ2n) is 4.22. The van der Waals surface area contributed by atoms with E-state index in [-0.39, 0.29) is 5.96 Å². The highest BCUT2D eigenvalue weighted by atomic mass is 15.3. The van der Waals surface area contributed by atoms with Crippen molar-refractivity contribution in [3.63, 3.8) is 0 Å². The minimum Gasteiger partial charge on any atom is -0.369 e. The molecule has 1 aliphatic rings. The van der Waals surface area contributed by atoms with Crippen molar-refractivity contribution in [3.05, 3.63) is 23.4 Å². The summed E-state index contributed by atoms with van der Waals surface area (Å²) in [6.45, 7) is 6.57. The van der Waals surface area contributed by atoms with Gasteiger partial charge in [-0.25, -0.2) is 0 Å². The molecule has 0 unspecified atom stereocenters. The highest BCUT2D eigenvalue weighted by Crippen LogP contribution is 2.32. The predicted octanol–water partition coefficient (Wildman–Crippen LogP) is 1.27. The van der Waals surface area contributed by atoms with E-state index in [1.54, 1.807) is 0 Å². The van der Waals surface area contributed by atoms with E-state index in [0.717, 1.165) is 6.42 Å². The van der Waals surface area contributed by atoms with Gasteiger partial charge in [0.1, 0.15) is 0 Å². The molecule has 2 atom stereocenters. The molecule has 0 aromatic carbocycles. The Kier molecular flexibility index (Phi) is 3.77. The van der Waals surface area contributed by atoms with Crippen LogP contribution >= 0.6 is 0 Å². The van der Waals surface area contributed by atoms with Crippen LogP contribution in [0.1, 0.15) is 27.2 Å². The van der Waals surface area contributed by atoms with Crippen LogP contribution in [0.4, 0.5) is 0 Å². The van der Waals surface area contributed by atoms with Crippen LogP contribution in [0.3, 0.4) is 0 Å². The fraction of sp³-hybridized carbons (Fsp3) is 0.545. The molecule has 0 aliphatic heterocycles. The number of hydrogen-bond donors (Lipinski definition) is 3. The summed E-state index contributed by atoms with van der Waals surface area (Å²) in [6, 6.07) is 0. The Bertz CT molecular complexity index is 311. The average molecular weight is 208 g/mol. The molecular weight excluding hydrogens is 188 g/mol. The monoisotopic (exact) mass is 208 g/mol. The van der Waals surface area contributed by atoms with E-state index < -0.39 is 0 Å². The second-order valence-corrected chi connectivity index (χ2v) is 4.22. The Hall–Kier alpha value is -1.45. The highest BCUT2D eigenvalue weighted by Gasteiger charge is 2.19. The van der Waals surface area contributed by atoms with Gasteiger partial charge >= 0.3 is 0 Å². The van der Waals surface area contributed by atoms with Crippen molar-refractivity contribution in [3.8, 4) is 0 Å². The molecule has 15 heavy (non-hydrogen) atoms. The molecule has 0 aromatic rings. The van der Waals surface area contributed by atoms with Crippen LogP contribution in [0.15, 0.2) is 28.5 Å². The van der Waals surface area contributed by atoms with Gasteiger partial charge in [0.2, 0.25) is 5.96 Å². The number of hydrogen-bond acceptors (Lipinski definition) is 2. The summed E-state index contributed by atoms with van der Waals surface area (Å²) in [6.07, 6.45) is 5.29. The summed E-state index contributed by atoms with van der Waals surface area (Å²) in [5.41, 5.74) is 16.0. The number of guanidine groups is 1. The maximum atomic E-state index is 5.22. The first-order valence-corrected chi connectivity index (χ1v) is 5.22. The summed E-state index contributed by atoms with van der Waals surface area (Å²) in [5.74, 6) is 1.05. The Morgan fingerprint density at radius 2 is 2.20 bits per heavy atom. The van der Waals surface area contributed by atoms with Crippen LogP contribution in [-0.4, -0.2) is 5.96 Å². The zero-order valence-corrected chi connectivity index (χ0v) is 9.62. The molecule has 1 aliphatic carbocycles. The van der Waals surface area contributed by atoms with E-state index in [2.05, 4.69) is 37.4 Å². The number of rotatable bonds is 2. The maximum Gasteiger partial charge on any atom is 0.208 e. The zero-order chi connectivity index (χ0) is 11.4. The molecule has 0 bridgehead atoms. The van der Waals surface area contributed by atoms with E-state index in [1.807, 2.05) is 6.20 Å². The molecule has 1 rings (SSSR count). The van der Waals surface area contributed by atoms with Crippen molar-refractivity contribution in [2.75, 3.05) is 0 Å². The predicted molar refractivity (Wildman–Crippen MR) is 63.7 cm³/mol. The van der Waals surface area contributed by atoms with Crippen LogP contribution in [0.25, 0.3) is 0 Å². The Morgan fingerprint density at radius 1 is 1.53 bits per heavy atom. The van der Waals surface area contributed by atoms with Gasteiger partial charge in [0.25, 0.3) is 0 Å². The van der Waals surface area contributed by atoms with E-state index >= 15 is 0 Å². The first-order valence-electron chi connectivity index (χ1n) is 5.22. The van der Waals surface area contributed by atoms with E-state index in [0.29, 0.717) is 11.8 Å². The van der Waals surface area contributed by atoms with Crippen LogP contribution < -0.4 is 16.9 Å². The molecule has 0 aromatic heterocycles. The molecule has 0 heterocycles. The van der Waals surface area contributed by atoms with Crippen molar-refractivity contribution >= 4 is 5.96 Å². The lowest BCUT2D eigenvalue weighted by molar-refractivity contribution is 0.564. The van der Waals surface area contributed by atoms with Crippen molar-refractivity contribution in [1.82, 2.24) is 5.43 Å². The molecule has 4 nitrogen and oxygen atoms in total. The molecule has 0 radical (unpaired) electrons. The van der Waals surface area contributed by atoms with Gasteiger partial charge in [-0.3, -0.25) is 5.43 Å². The topological polar surface area (TPSA) is 76.4 Å². The van der Waals surface area contributed by atoms with Crippen molar-refractivity contribution < 1.29 is 0 Å². The average Bonchev–Trinajstić information content (AvgIpc) is 2.08. The number of allylic oxidation sites excluding steroid dienone is 3. The summed E-state index contributed by atoms with van der Waals surface area (Å²) in [4.78, 5) is 0. The van der Waals surface area contributed by atoms with E-state index in [4.69, 9.17) is 11.5 Å². The molecule has 0 spiro atoms. The van der Waals surface area contributed by atoms with Gasteiger partial charge in [0.05, 0.1) is 0 Å². The zero-order valence-electron chi connectivity index (χ0n) is 9.62.